The van der Waals surface area contributed by atoms with Crippen LogP contribution < -0.4 is 5.32 Å². The molecule has 0 bridgehead atoms. The second-order valence-electron chi connectivity index (χ2n) is 6.50. The van der Waals surface area contributed by atoms with Crippen molar-refractivity contribution in [3.63, 3.8) is 0 Å². The Bertz CT molecular complexity index is 634. The molecule has 1 aromatic heterocycles. The summed E-state index contributed by atoms with van der Waals surface area (Å²) in [4.78, 5) is 8.08. The molecule has 0 aromatic carbocycles. The van der Waals surface area contributed by atoms with Crippen molar-refractivity contribution >= 4 is 15.7 Å². The Labute approximate surface area is 177 Å². The lowest BCUT2D eigenvalue weighted by Crippen LogP contribution is -2.15. The van der Waals surface area contributed by atoms with Gasteiger partial charge >= 0.3 is 0 Å². The van der Waals surface area contributed by atoms with Crippen LogP contribution in [0.1, 0.15) is 72.6 Å². The molecule has 29 heavy (non-hydrogen) atoms. The minimum atomic E-state index is -3.42. The molecule has 0 saturated heterocycles. The first-order chi connectivity index (χ1) is 13.3. The summed E-state index contributed by atoms with van der Waals surface area (Å²) in [5.74, 6) is -0.703. The zero-order valence-corrected chi connectivity index (χ0v) is 20.7. The SMILES string of the molecule is CC.CC.CC(C)(O)O.CCC(CO)CCNc1nc(S(C)(=O)=O)nc(C)c1C. The molecule has 0 aliphatic carbocycles. The number of nitrogens with one attached hydrogen (secondary N) is 1. The molecule has 1 rings (SSSR count). The zero-order chi connectivity index (χ0) is 23.8. The molecule has 0 saturated carbocycles. The summed E-state index contributed by atoms with van der Waals surface area (Å²) in [6.07, 6.45) is 2.82. The lowest BCUT2D eigenvalue weighted by atomic mass is 10.0. The van der Waals surface area contributed by atoms with Crippen LogP contribution >= 0.6 is 0 Å². The van der Waals surface area contributed by atoms with E-state index >= 15 is 0 Å². The van der Waals surface area contributed by atoms with Crippen LogP contribution in [0.5, 0.6) is 0 Å². The van der Waals surface area contributed by atoms with Gasteiger partial charge in [0.05, 0.1) is 0 Å². The van der Waals surface area contributed by atoms with Crippen molar-refractivity contribution in [3.8, 4) is 0 Å². The average molecular weight is 438 g/mol. The van der Waals surface area contributed by atoms with E-state index in [0.29, 0.717) is 18.1 Å². The van der Waals surface area contributed by atoms with E-state index in [1.54, 1.807) is 6.92 Å². The molecule has 0 amide bonds. The molecule has 8 nitrogen and oxygen atoms in total. The van der Waals surface area contributed by atoms with E-state index in [1.807, 2.05) is 41.5 Å². The molecular weight excluding hydrogens is 394 g/mol. The Morgan fingerprint density at radius 2 is 1.52 bits per heavy atom. The fourth-order valence-corrected chi connectivity index (χ4v) is 2.32. The first kappa shape index (κ1) is 32.4. The smallest absolute Gasteiger partial charge is 0.248 e. The molecule has 9 heteroatoms. The number of hydrogen-bond donors (Lipinski definition) is 4. The van der Waals surface area contributed by atoms with Crippen molar-refractivity contribution in [2.45, 2.75) is 86.1 Å². The van der Waals surface area contributed by atoms with Crippen LogP contribution in [0.2, 0.25) is 0 Å². The largest absolute Gasteiger partial charge is 0.396 e. The second-order valence-corrected chi connectivity index (χ2v) is 8.41. The number of nitrogens with zero attached hydrogens (tertiary/aromatic N) is 2. The number of aryl methyl sites for hydroxylation is 1. The number of sulfone groups is 1. The normalized spacial score (nSPS) is 11.6. The van der Waals surface area contributed by atoms with E-state index in [1.165, 1.54) is 13.8 Å². The van der Waals surface area contributed by atoms with Crippen LogP contribution in [0.3, 0.4) is 0 Å². The van der Waals surface area contributed by atoms with E-state index in [-0.39, 0.29) is 17.7 Å². The summed E-state index contributed by atoms with van der Waals surface area (Å²) < 4.78 is 23.1. The molecule has 1 atom stereocenters. The first-order valence-electron chi connectivity index (χ1n) is 10.1. The number of anilines is 1. The lowest BCUT2D eigenvalue weighted by Gasteiger charge is -2.14. The molecule has 1 aromatic rings. The predicted molar refractivity (Wildman–Crippen MR) is 120 cm³/mol. The summed E-state index contributed by atoms with van der Waals surface area (Å²) in [6.45, 7) is 17.0. The molecule has 0 fully saturated rings. The standard InChI is InChI=1S/C13H23N3O3S.C3H8O2.2C2H6/c1-5-11(8-17)6-7-14-12-9(2)10(3)15-13(16-12)20(4,18)19;1-3(2,4)5;2*1-2/h11,17H,5-8H2,1-4H3,(H,14,15,16);4-5H,1-2H3;2*1-2H3. The molecule has 174 valence electrons. The predicted octanol–water partition coefficient (Wildman–Crippen LogP) is 3.08. The summed E-state index contributed by atoms with van der Waals surface area (Å²) >= 11 is 0. The highest BCUT2D eigenvalue weighted by Crippen LogP contribution is 2.17. The van der Waals surface area contributed by atoms with Crippen LogP contribution in [0, 0.1) is 19.8 Å². The number of aliphatic hydroxyl groups excluding tert-OH is 1. The van der Waals surface area contributed by atoms with Crippen molar-refractivity contribution < 1.29 is 23.7 Å². The van der Waals surface area contributed by atoms with Gasteiger partial charge in [-0.3, -0.25) is 0 Å². The van der Waals surface area contributed by atoms with Gasteiger partial charge in [0.15, 0.2) is 5.79 Å². The van der Waals surface area contributed by atoms with Gasteiger partial charge in [-0.15, -0.1) is 0 Å². The first-order valence-corrected chi connectivity index (χ1v) is 12.0. The van der Waals surface area contributed by atoms with Gasteiger partial charge in [-0.1, -0.05) is 41.0 Å². The fraction of sp³-hybridized carbons (Fsp3) is 0.800. The van der Waals surface area contributed by atoms with Crippen molar-refractivity contribution in [3.05, 3.63) is 11.3 Å². The van der Waals surface area contributed by atoms with Crippen molar-refractivity contribution in [1.82, 2.24) is 9.97 Å². The van der Waals surface area contributed by atoms with Crippen LogP contribution in [0.4, 0.5) is 5.82 Å². The molecule has 0 aliphatic heterocycles. The van der Waals surface area contributed by atoms with Gasteiger partial charge in [0, 0.05) is 30.7 Å². The number of rotatable bonds is 7. The summed E-state index contributed by atoms with van der Waals surface area (Å²) in [6, 6.07) is 0. The van der Waals surface area contributed by atoms with Gasteiger partial charge in [-0.05, 0) is 40.0 Å². The fourth-order valence-electron chi connectivity index (χ4n) is 1.76. The van der Waals surface area contributed by atoms with Crippen molar-refractivity contribution in [2.75, 3.05) is 24.7 Å². The van der Waals surface area contributed by atoms with Gasteiger partial charge in [-0.25, -0.2) is 18.4 Å². The summed E-state index contributed by atoms with van der Waals surface area (Å²) in [5, 5.41) is 28.3. The third-order valence-electron chi connectivity index (χ3n) is 3.38. The Morgan fingerprint density at radius 1 is 1.07 bits per heavy atom. The maximum absolute atomic E-state index is 11.5. The van der Waals surface area contributed by atoms with E-state index in [9.17, 15) is 8.42 Å². The Kier molecular flexibility index (Phi) is 18.4. The molecule has 0 aliphatic rings. The van der Waals surface area contributed by atoms with E-state index < -0.39 is 15.6 Å². The highest BCUT2D eigenvalue weighted by Gasteiger charge is 2.16. The third-order valence-corrected chi connectivity index (χ3v) is 4.23. The average Bonchev–Trinajstić information content (AvgIpc) is 2.63. The minimum Gasteiger partial charge on any atom is -0.396 e. The minimum absolute atomic E-state index is 0.155. The van der Waals surface area contributed by atoms with E-state index in [2.05, 4.69) is 15.3 Å². The van der Waals surface area contributed by atoms with Crippen molar-refractivity contribution in [2.24, 2.45) is 5.92 Å². The Morgan fingerprint density at radius 3 is 1.86 bits per heavy atom. The molecule has 4 N–H and O–H groups in total. The topological polar surface area (TPSA) is 133 Å². The highest BCUT2D eigenvalue weighted by molar-refractivity contribution is 7.90. The third kappa shape index (κ3) is 17.3. The molecule has 0 radical (unpaired) electrons. The number of hydrogen-bond acceptors (Lipinski definition) is 8. The number of aliphatic hydroxyl groups is 3. The Balaban J connectivity index is -0.000000640. The quantitative estimate of drug-likeness (QED) is 0.378. The Hall–Kier alpha value is -1.29. The zero-order valence-electron chi connectivity index (χ0n) is 19.9. The van der Waals surface area contributed by atoms with Crippen LogP contribution in [0.15, 0.2) is 5.16 Å². The van der Waals surface area contributed by atoms with E-state index in [4.69, 9.17) is 15.3 Å². The number of aromatic nitrogens is 2. The van der Waals surface area contributed by atoms with Crippen LogP contribution in [-0.4, -0.2) is 58.9 Å². The van der Waals surface area contributed by atoms with E-state index in [0.717, 1.165) is 24.7 Å². The highest BCUT2D eigenvalue weighted by atomic mass is 32.2. The van der Waals surface area contributed by atoms with Gasteiger partial charge < -0.3 is 20.6 Å². The lowest BCUT2D eigenvalue weighted by molar-refractivity contribution is -0.127. The van der Waals surface area contributed by atoms with Gasteiger partial charge in [0.2, 0.25) is 15.0 Å². The monoisotopic (exact) mass is 437 g/mol. The molecular formula is C20H43N3O5S. The maximum atomic E-state index is 11.5. The summed E-state index contributed by atoms with van der Waals surface area (Å²) in [5.41, 5.74) is 1.49. The molecule has 1 heterocycles. The summed E-state index contributed by atoms with van der Waals surface area (Å²) in [7, 11) is -3.42. The van der Waals surface area contributed by atoms with Crippen LogP contribution in [0.25, 0.3) is 0 Å². The van der Waals surface area contributed by atoms with Gasteiger partial charge in [0.1, 0.15) is 5.82 Å². The van der Waals surface area contributed by atoms with Gasteiger partial charge in [-0.2, -0.15) is 0 Å². The molecule has 1 unspecified atom stereocenters. The second kappa shape index (κ2) is 16.5. The molecule has 0 spiro atoms. The van der Waals surface area contributed by atoms with Crippen molar-refractivity contribution in [1.29, 1.82) is 0 Å². The maximum Gasteiger partial charge on any atom is 0.248 e. The van der Waals surface area contributed by atoms with Gasteiger partial charge in [0.25, 0.3) is 0 Å². The van der Waals surface area contributed by atoms with Crippen LogP contribution in [-0.2, 0) is 9.84 Å².